The largest absolute Gasteiger partial charge is 0.374 e. The molecule has 1 fully saturated rings. The number of hydrogen-bond acceptors (Lipinski definition) is 3. The van der Waals surface area contributed by atoms with Gasteiger partial charge in [0.15, 0.2) is 0 Å². The van der Waals surface area contributed by atoms with Gasteiger partial charge in [0.1, 0.15) is 0 Å². The Morgan fingerprint density at radius 3 is 2.39 bits per heavy atom. The number of hydrogen-bond donors (Lipinski definition) is 2. The lowest BCUT2D eigenvalue weighted by atomic mass is 9.73. The molecule has 0 aromatic carbocycles. The van der Waals surface area contributed by atoms with Gasteiger partial charge in [0.2, 0.25) is 0 Å². The number of nitrogens with two attached hydrogens (primary N) is 1. The normalized spacial score (nSPS) is 32.2. The lowest BCUT2D eigenvalue weighted by Gasteiger charge is -2.45. The topological polar surface area (TPSA) is 47.3 Å². The summed E-state index contributed by atoms with van der Waals surface area (Å²) >= 11 is 0. The summed E-state index contributed by atoms with van der Waals surface area (Å²) in [5, 5.41) is 0. The number of hydrazine groups is 1. The predicted molar refractivity (Wildman–Crippen MR) is 77.2 cm³/mol. The van der Waals surface area contributed by atoms with Crippen molar-refractivity contribution in [3.05, 3.63) is 0 Å². The predicted octanol–water partition coefficient (Wildman–Crippen LogP) is 3.24. The molecule has 18 heavy (non-hydrogen) atoms. The Labute approximate surface area is 113 Å². The average Bonchev–Trinajstić information content (AvgIpc) is 2.39. The third kappa shape index (κ3) is 3.94. The summed E-state index contributed by atoms with van der Waals surface area (Å²) in [4.78, 5) is 0. The van der Waals surface area contributed by atoms with Gasteiger partial charge >= 0.3 is 0 Å². The highest BCUT2D eigenvalue weighted by atomic mass is 16.5. The van der Waals surface area contributed by atoms with E-state index in [1.54, 1.807) is 0 Å². The highest BCUT2D eigenvalue weighted by molar-refractivity contribution is 4.96. The van der Waals surface area contributed by atoms with Gasteiger partial charge in [0.05, 0.1) is 11.6 Å². The van der Waals surface area contributed by atoms with E-state index in [1.165, 1.54) is 19.3 Å². The molecule has 3 nitrogen and oxygen atoms in total. The number of ether oxygens (including phenoxy) is 1. The first kappa shape index (κ1) is 15.9. The molecule has 0 aromatic heterocycles. The van der Waals surface area contributed by atoms with Crippen molar-refractivity contribution in [1.82, 2.24) is 5.43 Å². The highest BCUT2D eigenvalue weighted by Crippen LogP contribution is 2.39. The summed E-state index contributed by atoms with van der Waals surface area (Å²) in [5.41, 5.74) is 3.02. The summed E-state index contributed by atoms with van der Waals surface area (Å²) in [7, 11) is 0. The van der Waals surface area contributed by atoms with E-state index in [1.807, 2.05) is 0 Å². The van der Waals surface area contributed by atoms with Crippen LogP contribution in [-0.4, -0.2) is 18.2 Å². The van der Waals surface area contributed by atoms with E-state index in [0.29, 0.717) is 12.0 Å². The van der Waals surface area contributed by atoms with Gasteiger partial charge in [0, 0.05) is 6.61 Å². The van der Waals surface area contributed by atoms with Gasteiger partial charge in [-0.2, -0.15) is 0 Å². The van der Waals surface area contributed by atoms with Gasteiger partial charge in [0.25, 0.3) is 0 Å². The quantitative estimate of drug-likeness (QED) is 0.543. The Bertz CT molecular complexity index is 225. The van der Waals surface area contributed by atoms with E-state index < -0.39 is 0 Å². The minimum Gasteiger partial charge on any atom is -0.374 e. The Balaban J connectivity index is 2.73. The van der Waals surface area contributed by atoms with E-state index in [-0.39, 0.29) is 5.60 Å². The molecule has 0 aromatic rings. The minimum absolute atomic E-state index is 0.0283. The molecule has 0 radical (unpaired) electrons. The zero-order chi connectivity index (χ0) is 13.6. The van der Waals surface area contributed by atoms with Crippen molar-refractivity contribution in [2.45, 2.75) is 77.9 Å². The molecular weight excluding hydrogens is 224 g/mol. The Morgan fingerprint density at radius 2 is 1.94 bits per heavy atom. The molecule has 3 heteroatoms. The number of rotatable bonds is 7. The van der Waals surface area contributed by atoms with Gasteiger partial charge < -0.3 is 4.74 Å². The van der Waals surface area contributed by atoms with E-state index in [2.05, 4.69) is 33.1 Å². The zero-order valence-corrected chi connectivity index (χ0v) is 12.7. The maximum absolute atomic E-state index is 6.17. The van der Waals surface area contributed by atoms with Crippen molar-refractivity contribution in [3.8, 4) is 0 Å². The second-order valence-electron chi connectivity index (χ2n) is 6.15. The molecule has 0 spiro atoms. The van der Waals surface area contributed by atoms with Gasteiger partial charge in [-0.1, -0.05) is 27.2 Å². The lowest BCUT2D eigenvalue weighted by Crippen LogP contribution is -2.57. The smallest absolute Gasteiger partial charge is 0.0848 e. The van der Waals surface area contributed by atoms with Crippen LogP contribution >= 0.6 is 0 Å². The lowest BCUT2D eigenvalue weighted by molar-refractivity contribution is -0.100. The summed E-state index contributed by atoms with van der Waals surface area (Å²) in [6.07, 6.45) is 7.14. The highest BCUT2D eigenvalue weighted by Gasteiger charge is 2.41. The van der Waals surface area contributed by atoms with Crippen molar-refractivity contribution in [2.75, 3.05) is 6.61 Å². The van der Waals surface area contributed by atoms with E-state index in [9.17, 15) is 0 Å². The SMILES string of the molecule is CCOC1(C(CC(C)CC)NN)CCC(C)CC1. The van der Waals surface area contributed by atoms with Crippen LogP contribution < -0.4 is 11.3 Å². The monoisotopic (exact) mass is 256 g/mol. The summed E-state index contributed by atoms with van der Waals surface area (Å²) in [5.74, 6) is 7.36. The zero-order valence-electron chi connectivity index (χ0n) is 12.7. The molecule has 0 amide bonds. The molecule has 0 aliphatic heterocycles. The summed E-state index contributed by atoms with van der Waals surface area (Å²) in [6, 6.07) is 0.292. The number of nitrogens with one attached hydrogen (secondary N) is 1. The van der Waals surface area contributed by atoms with Crippen LogP contribution in [0.3, 0.4) is 0 Å². The maximum atomic E-state index is 6.17. The first-order valence-corrected chi connectivity index (χ1v) is 7.68. The van der Waals surface area contributed by atoms with Crippen LogP contribution in [-0.2, 0) is 4.74 Å². The molecule has 1 saturated carbocycles. The van der Waals surface area contributed by atoms with Gasteiger partial charge in [-0.15, -0.1) is 0 Å². The van der Waals surface area contributed by atoms with Crippen LogP contribution in [0.5, 0.6) is 0 Å². The molecule has 1 aliphatic rings. The van der Waals surface area contributed by atoms with E-state index in [4.69, 9.17) is 10.6 Å². The second-order valence-corrected chi connectivity index (χ2v) is 6.15. The third-order valence-electron chi connectivity index (χ3n) is 4.72. The molecule has 1 aliphatic carbocycles. The Kier molecular flexibility index (Phi) is 6.61. The fourth-order valence-corrected chi connectivity index (χ4v) is 3.14. The maximum Gasteiger partial charge on any atom is 0.0848 e. The van der Waals surface area contributed by atoms with Crippen LogP contribution in [0.15, 0.2) is 0 Å². The van der Waals surface area contributed by atoms with Crippen molar-refractivity contribution in [3.63, 3.8) is 0 Å². The molecular formula is C15H32N2O. The molecule has 2 unspecified atom stereocenters. The van der Waals surface area contributed by atoms with Crippen LogP contribution in [0.25, 0.3) is 0 Å². The van der Waals surface area contributed by atoms with E-state index >= 15 is 0 Å². The Hall–Kier alpha value is -0.120. The van der Waals surface area contributed by atoms with Crippen molar-refractivity contribution < 1.29 is 4.74 Å². The van der Waals surface area contributed by atoms with Gasteiger partial charge in [-0.3, -0.25) is 11.3 Å². The summed E-state index contributed by atoms with van der Waals surface area (Å²) < 4.78 is 6.17. The second kappa shape index (κ2) is 7.46. The molecule has 108 valence electrons. The van der Waals surface area contributed by atoms with Crippen molar-refractivity contribution in [1.29, 1.82) is 0 Å². The first-order valence-electron chi connectivity index (χ1n) is 7.68. The van der Waals surface area contributed by atoms with Crippen LogP contribution in [0.1, 0.15) is 66.2 Å². The molecule has 3 N–H and O–H groups in total. The van der Waals surface area contributed by atoms with Crippen LogP contribution in [0, 0.1) is 11.8 Å². The minimum atomic E-state index is -0.0283. The molecule has 1 rings (SSSR count). The first-order chi connectivity index (χ1) is 8.57. The van der Waals surface area contributed by atoms with Crippen molar-refractivity contribution in [2.24, 2.45) is 17.7 Å². The molecule has 0 saturated heterocycles. The van der Waals surface area contributed by atoms with E-state index in [0.717, 1.165) is 31.8 Å². The van der Waals surface area contributed by atoms with Crippen LogP contribution in [0.4, 0.5) is 0 Å². The average molecular weight is 256 g/mol. The van der Waals surface area contributed by atoms with Crippen molar-refractivity contribution >= 4 is 0 Å². The molecule has 2 atom stereocenters. The van der Waals surface area contributed by atoms with Gasteiger partial charge in [-0.05, 0) is 50.9 Å². The molecule has 0 bridgehead atoms. The molecule has 0 heterocycles. The fraction of sp³-hybridized carbons (Fsp3) is 1.00. The Morgan fingerprint density at radius 1 is 1.33 bits per heavy atom. The van der Waals surface area contributed by atoms with Crippen LogP contribution in [0.2, 0.25) is 0 Å². The van der Waals surface area contributed by atoms with Gasteiger partial charge in [-0.25, -0.2) is 0 Å². The standard InChI is InChI=1S/C15H32N2O/c1-5-12(3)11-14(17-16)15(18-6-2)9-7-13(4)8-10-15/h12-14,17H,5-11,16H2,1-4H3. The third-order valence-corrected chi connectivity index (χ3v) is 4.72. The summed E-state index contributed by atoms with van der Waals surface area (Å²) in [6.45, 7) is 9.77. The fourth-order valence-electron chi connectivity index (χ4n) is 3.14.